The molecular weight excluding hydrogens is 230 g/mol. The van der Waals surface area contributed by atoms with Crippen LogP contribution in [0.5, 0.6) is 0 Å². The number of Topliss-reactive ketones (excluding diaryl/α,β-unsaturated/α-hetero) is 1. The van der Waals surface area contributed by atoms with Crippen molar-refractivity contribution >= 4 is 11.8 Å². The van der Waals surface area contributed by atoms with Gasteiger partial charge in [-0.05, 0) is 12.0 Å². The van der Waals surface area contributed by atoms with Crippen LogP contribution in [-0.2, 0) is 20.9 Å². The maximum Gasteiger partial charge on any atom is 0.376 e. The summed E-state index contributed by atoms with van der Waals surface area (Å²) in [6.07, 6.45) is 2.30. The minimum atomic E-state index is -0.845. The summed E-state index contributed by atoms with van der Waals surface area (Å²) in [7, 11) is 0. The fourth-order valence-electron chi connectivity index (χ4n) is 1.50. The number of carbonyl (C=O) groups is 2. The third kappa shape index (κ3) is 4.67. The Morgan fingerprint density at radius 1 is 1.28 bits per heavy atom. The van der Waals surface area contributed by atoms with E-state index in [1.807, 2.05) is 37.3 Å². The standard InChI is InChI=1S/C14H19NO3/c1-2-3-9-12(15)13(16)14(17)18-10-11-7-5-4-6-8-11/h4-8,12H,2-3,9-10,15H2,1H3/t12-/m0/s1. The SMILES string of the molecule is CCCC[C@H](N)C(=O)C(=O)OCc1ccccc1. The van der Waals surface area contributed by atoms with Gasteiger partial charge in [-0.2, -0.15) is 0 Å². The minimum absolute atomic E-state index is 0.103. The number of hydrogen-bond donors (Lipinski definition) is 1. The average molecular weight is 249 g/mol. The third-order valence-electron chi connectivity index (χ3n) is 2.62. The molecule has 98 valence electrons. The van der Waals surface area contributed by atoms with Gasteiger partial charge >= 0.3 is 5.97 Å². The number of ketones is 1. The first kappa shape index (κ1) is 14.4. The third-order valence-corrected chi connectivity index (χ3v) is 2.62. The van der Waals surface area contributed by atoms with Crippen LogP contribution in [0.3, 0.4) is 0 Å². The zero-order valence-electron chi connectivity index (χ0n) is 10.6. The molecule has 1 aromatic carbocycles. The van der Waals surface area contributed by atoms with E-state index in [0.717, 1.165) is 18.4 Å². The van der Waals surface area contributed by atoms with Gasteiger partial charge in [-0.25, -0.2) is 4.79 Å². The van der Waals surface area contributed by atoms with E-state index in [0.29, 0.717) is 6.42 Å². The van der Waals surface area contributed by atoms with Crippen LogP contribution >= 0.6 is 0 Å². The molecule has 0 saturated heterocycles. The molecule has 0 spiro atoms. The molecule has 0 aromatic heterocycles. The molecule has 1 aromatic rings. The Hall–Kier alpha value is -1.68. The Morgan fingerprint density at radius 3 is 2.56 bits per heavy atom. The molecule has 0 aliphatic rings. The normalized spacial score (nSPS) is 11.9. The van der Waals surface area contributed by atoms with E-state index < -0.39 is 17.8 Å². The number of nitrogens with two attached hydrogens (primary N) is 1. The monoisotopic (exact) mass is 249 g/mol. The molecule has 1 atom stereocenters. The van der Waals surface area contributed by atoms with Crippen LogP contribution in [0.15, 0.2) is 30.3 Å². The van der Waals surface area contributed by atoms with Crippen molar-refractivity contribution in [3.05, 3.63) is 35.9 Å². The number of rotatable bonds is 7. The van der Waals surface area contributed by atoms with Crippen LogP contribution in [0.25, 0.3) is 0 Å². The summed E-state index contributed by atoms with van der Waals surface area (Å²) in [5.74, 6) is -1.48. The van der Waals surface area contributed by atoms with E-state index in [9.17, 15) is 9.59 Å². The molecule has 0 bridgehead atoms. The van der Waals surface area contributed by atoms with Crippen molar-refractivity contribution in [1.82, 2.24) is 0 Å². The first-order chi connectivity index (χ1) is 8.65. The van der Waals surface area contributed by atoms with Gasteiger partial charge in [0.1, 0.15) is 6.61 Å². The van der Waals surface area contributed by atoms with E-state index >= 15 is 0 Å². The lowest BCUT2D eigenvalue weighted by Gasteiger charge is -2.09. The highest BCUT2D eigenvalue weighted by Gasteiger charge is 2.22. The zero-order chi connectivity index (χ0) is 13.4. The number of carbonyl (C=O) groups excluding carboxylic acids is 2. The number of esters is 1. The average Bonchev–Trinajstić information content (AvgIpc) is 2.42. The quantitative estimate of drug-likeness (QED) is 0.591. The van der Waals surface area contributed by atoms with Crippen LogP contribution in [0, 0.1) is 0 Å². The Labute approximate surface area is 107 Å². The number of unbranched alkanes of at least 4 members (excludes halogenated alkanes) is 1. The first-order valence-electron chi connectivity index (χ1n) is 6.15. The van der Waals surface area contributed by atoms with Crippen molar-refractivity contribution in [1.29, 1.82) is 0 Å². The molecule has 2 N–H and O–H groups in total. The molecule has 18 heavy (non-hydrogen) atoms. The number of ether oxygens (including phenoxy) is 1. The highest BCUT2D eigenvalue weighted by molar-refractivity contribution is 6.35. The molecule has 0 heterocycles. The number of hydrogen-bond acceptors (Lipinski definition) is 4. The zero-order valence-corrected chi connectivity index (χ0v) is 10.6. The van der Waals surface area contributed by atoms with Gasteiger partial charge in [0.2, 0.25) is 0 Å². The lowest BCUT2D eigenvalue weighted by molar-refractivity contribution is -0.155. The van der Waals surface area contributed by atoms with Gasteiger partial charge in [-0.3, -0.25) is 4.79 Å². The van der Waals surface area contributed by atoms with Gasteiger partial charge in [0.05, 0.1) is 6.04 Å². The molecule has 0 fully saturated rings. The Balaban J connectivity index is 2.38. The summed E-state index contributed by atoms with van der Waals surface area (Å²) in [4.78, 5) is 23.0. The van der Waals surface area contributed by atoms with Crippen LogP contribution in [0.4, 0.5) is 0 Å². The van der Waals surface area contributed by atoms with Gasteiger partial charge < -0.3 is 10.5 Å². The molecule has 4 heteroatoms. The van der Waals surface area contributed by atoms with Crippen molar-refractivity contribution < 1.29 is 14.3 Å². The first-order valence-corrected chi connectivity index (χ1v) is 6.15. The second kappa shape index (κ2) is 7.61. The molecular formula is C14H19NO3. The lowest BCUT2D eigenvalue weighted by Crippen LogP contribution is -2.36. The fourth-order valence-corrected chi connectivity index (χ4v) is 1.50. The second-order valence-corrected chi connectivity index (χ2v) is 4.17. The van der Waals surface area contributed by atoms with Crippen molar-refractivity contribution in [2.24, 2.45) is 5.73 Å². The highest BCUT2D eigenvalue weighted by atomic mass is 16.5. The van der Waals surface area contributed by atoms with E-state index in [2.05, 4.69) is 0 Å². The smallest absolute Gasteiger partial charge is 0.376 e. The maximum atomic E-state index is 11.6. The summed E-state index contributed by atoms with van der Waals surface area (Å²) in [5.41, 5.74) is 6.47. The van der Waals surface area contributed by atoms with Crippen LogP contribution in [0.2, 0.25) is 0 Å². The van der Waals surface area contributed by atoms with Crippen molar-refractivity contribution in [3.8, 4) is 0 Å². The molecule has 0 radical (unpaired) electrons. The van der Waals surface area contributed by atoms with Crippen molar-refractivity contribution in [2.75, 3.05) is 0 Å². The summed E-state index contributed by atoms with van der Waals surface area (Å²) >= 11 is 0. The fraction of sp³-hybridized carbons (Fsp3) is 0.429. The van der Waals surface area contributed by atoms with E-state index in [4.69, 9.17) is 10.5 Å². The van der Waals surface area contributed by atoms with Crippen molar-refractivity contribution in [3.63, 3.8) is 0 Å². The lowest BCUT2D eigenvalue weighted by atomic mass is 10.1. The molecule has 0 amide bonds. The Kier molecular flexibility index (Phi) is 6.08. The molecule has 0 aliphatic heterocycles. The second-order valence-electron chi connectivity index (χ2n) is 4.17. The molecule has 1 rings (SSSR count). The van der Waals surface area contributed by atoms with Gasteiger partial charge in [-0.15, -0.1) is 0 Å². The van der Waals surface area contributed by atoms with Gasteiger partial charge in [0.15, 0.2) is 0 Å². The van der Waals surface area contributed by atoms with E-state index in [-0.39, 0.29) is 6.61 Å². The number of benzene rings is 1. The molecule has 0 saturated carbocycles. The summed E-state index contributed by atoms with van der Waals surface area (Å²) in [6, 6.07) is 8.48. The van der Waals surface area contributed by atoms with E-state index in [1.165, 1.54) is 0 Å². The van der Waals surface area contributed by atoms with Crippen LogP contribution in [-0.4, -0.2) is 17.8 Å². The molecule has 4 nitrogen and oxygen atoms in total. The van der Waals surface area contributed by atoms with Gasteiger partial charge in [0.25, 0.3) is 5.78 Å². The molecule has 0 unspecified atom stereocenters. The molecule has 0 aliphatic carbocycles. The topological polar surface area (TPSA) is 69.4 Å². The van der Waals surface area contributed by atoms with Crippen LogP contribution in [0.1, 0.15) is 31.7 Å². The van der Waals surface area contributed by atoms with Gasteiger partial charge in [0, 0.05) is 0 Å². The van der Waals surface area contributed by atoms with Gasteiger partial charge in [-0.1, -0.05) is 50.1 Å². The highest BCUT2D eigenvalue weighted by Crippen LogP contribution is 2.04. The Bertz CT molecular complexity index is 389. The summed E-state index contributed by atoms with van der Waals surface area (Å²) in [5, 5.41) is 0. The minimum Gasteiger partial charge on any atom is -0.455 e. The summed E-state index contributed by atoms with van der Waals surface area (Å²) < 4.78 is 4.92. The predicted octanol–water partition coefficient (Wildman–Crippen LogP) is 1.82. The summed E-state index contributed by atoms with van der Waals surface area (Å²) in [6.45, 7) is 2.11. The van der Waals surface area contributed by atoms with Crippen molar-refractivity contribution in [2.45, 2.75) is 38.8 Å². The van der Waals surface area contributed by atoms with Crippen LogP contribution < -0.4 is 5.73 Å². The maximum absolute atomic E-state index is 11.6. The Morgan fingerprint density at radius 2 is 1.94 bits per heavy atom. The predicted molar refractivity (Wildman–Crippen MR) is 68.7 cm³/mol. The largest absolute Gasteiger partial charge is 0.455 e. The van der Waals surface area contributed by atoms with E-state index in [1.54, 1.807) is 0 Å².